The number of aliphatic hydroxyl groups is 1. The minimum atomic E-state index is -1.16. The highest BCUT2D eigenvalue weighted by atomic mass is 16.4. The lowest BCUT2D eigenvalue weighted by molar-refractivity contribution is -0.161. The third-order valence-corrected chi connectivity index (χ3v) is 5.43. The van der Waals surface area contributed by atoms with Gasteiger partial charge in [0.15, 0.2) is 5.76 Å². The van der Waals surface area contributed by atoms with Crippen molar-refractivity contribution in [3.63, 3.8) is 0 Å². The summed E-state index contributed by atoms with van der Waals surface area (Å²) in [6, 6.07) is 10.0. The smallest absolute Gasteiger partial charge is 0.352 e. The van der Waals surface area contributed by atoms with Crippen LogP contribution in [0.3, 0.4) is 0 Å². The van der Waals surface area contributed by atoms with Crippen molar-refractivity contribution in [1.29, 1.82) is 0 Å². The Hall–Kier alpha value is -3.39. The number of furan rings is 1. The van der Waals surface area contributed by atoms with Crippen LogP contribution < -0.4 is 5.32 Å². The van der Waals surface area contributed by atoms with Gasteiger partial charge in [0.1, 0.15) is 5.70 Å². The average molecular weight is 396 g/mol. The molecule has 0 unspecified atom stereocenters. The van der Waals surface area contributed by atoms with Gasteiger partial charge in [0.25, 0.3) is 5.91 Å². The van der Waals surface area contributed by atoms with E-state index in [4.69, 9.17) is 4.42 Å². The standard InChI is InChI=1S/C21H20N2O6/c1-11(24)17-15-9-14(18(21(27)28)23(15)20(17)26)13-6-4-12(5-7-13)10-22-19(25)16-3-2-8-29-16/h2-8,11,15,17,24H,9-10H2,1H3,(H,22,25)(H,27,28)/t11-,15-,17-/m1/s1. The second kappa shape index (κ2) is 7.21. The maximum absolute atomic E-state index is 12.3. The van der Waals surface area contributed by atoms with Gasteiger partial charge in [-0.05, 0) is 42.2 Å². The average Bonchev–Trinajstić information content (AvgIpc) is 3.32. The predicted octanol–water partition coefficient (Wildman–Crippen LogP) is 1.62. The highest BCUT2D eigenvalue weighted by molar-refractivity contribution is 6.06. The minimum Gasteiger partial charge on any atom is -0.477 e. The van der Waals surface area contributed by atoms with Crippen LogP contribution in [0.4, 0.5) is 0 Å². The highest BCUT2D eigenvalue weighted by Crippen LogP contribution is 2.46. The lowest BCUT2D eigenvalue weighted by atomic mass is 9.82. The number of carboxylic acids is 1. The second-order valence-electron chi connectivity index (χ2n) is 7.24. The molecule has 1 aromatic heterocycles. The Bertz CT molecular complexity index is 991. The summed E-state index contributed by atoms with van der Waals surface area (Å²) >= 11 is 0. The molecule has 0 radical (unpaired) electrons. The first-order valence-corrected chi connectivity index (χ1v) is 9.27. The number of β-lactam (4-membered cyclic amide) rings is 1. The van der Waals surface area contributed by atoms with Gasteiger partial charge in [-0.1, -0.05) is 24.3 Å². The van der Waals surface area contributed by atoms with E-state index in [9.17, 15) is 24.6 Å². The molecule has 2 aliphatic rings. The van der Waals surface area contributed by atoms with E-state index in [0.717, 1.165) is 5.56 Å². The molecule has 3 atom stereocenters. The molecule has 1 saturated heterocycles. The number of carbonyl (C=O) groups is 3. The van der Waals surface area contributed by atoms with E-state index in [0.29, 0.717) is 24.1 Å². The number of aliphatic carboxylic acids is 1. The molecule has 29 heavy (non-hydrogen) atoms. The Morgan fingerprint density at radius 2 is 2.00 bits per heavy atom. The predicted molar refractivity (Wildman–Crippen MR) is 101 cm³/mol. The van der Waals surface area contributed by atoms with Gasteiger partial charge in [-0.15, -0.1) is 0 Å². The molecule has 1 fully saturated rings. The van der Waals surface area contributed by atoms with E-state index in [1.165, 1.54) is 11.2 Å². The third-order valence-electron chi connectivity index (χ3n) is 5.43. The van der Waals surface area contributed by atoms with Crippen molar-refractivity contribution in [3.8, 4) is 0 Å². The van der Waals surface area contributed by atoms with Gasteiger partial charge in [0.2, 0.25) is 5.91 Å². The summed E-state index contributed by atoms with van der Waals surface area (Å²) in [4.78, 5) is 37.3. The van der Waals surface area contributed by atoms with Gasteiger partial charge in [0.05, 0.1) is 24.3 Å². The number of benzene rings is 1. The lowest BCUT2D eigenvalue weighted by Gasteiger charge is -2.44. The zero-order valence-corrected chi connectivity index (χ0v) is 15.7. The number of carbonyl (C=O) groups excluding carboxylic acids is 2. The van der Waals surface area contributed by atoms with Crippen LogP contribution in [0.1, 0.15) is 35.0 Å². The Morgan fingerprint density at radius 1 is 1.28 bits per heavy atom. The molecule has 0 spiro atoms. The molecule has 0 aliphatic carbocycles. The topological polar surface area (TPSA) is 120 Å². The zero-order valence-electron chi connectivity index (χ0n) is 15.7. The fraction of sp³-hybridized carbons (Fsp3) is 0.286. The molecule has 2 amide bonds. The molecule has 2 aliphatic heterocycles. The third kappa shape index (κ3) is 3.21. The van der Waals surface area contributed by atoms with Crippen LogP contribution in [-0.4, -0.2) is 45.0 Å². The molecule has 8 heteroatoms. The number of rotatable bonds is 6. The molecule has 150 valence electrons. The first kappa shape index (κ1) is 18.9. The summed E-state index contributed by atoms with van der Waals surface area (Å²) < 4.78 is 5.04. The highest BCUT2D eigenvalue weighted by Gasteiger charge is 2.56. The molecule has 0 bridgehead atoms. The van der Waals surface area contributed by atoms with E-state index in [-0.39, 0.29) is 29.3 Å². The van der Waals surface area contributed by atoms with Gasteiger partial charge in [-0.2, -0.15) is 0 Å². The number of hydrogen-bond donors (Lipinski definition) is 3. The first-order valence-electron chi connectivity index (χ1n) is 9.27. The Balaban J connectivity index is 1.50. The van der Waals surface area contributed by atoms with Crippen molar-refractivity contribution in [2.45, 2.75) is 32.0 Å². The van der Waals surface area contributed by atoms with Gasteiger partial charge < -0.3 is 24.8 Å². The number of hydrogen-bond acceptors (Lipinski definition) is 5. The molecule has 2 aromatic rings. The fourth-order valence-corrected chi connectivity index (χ4v) is 4.03. The lowest BCUT2D eigenvalue weighted by Crippen LogP contribution is -2.61. The van der Waals surface area contributed by atoms with Crippen molar-refractivity contribution in [3.05, 3.63) is 65.2 Å². The minimum absolute atomic E-state index is 0.0178. The van der Waals surface area contributed by atoms with E-state index >= 15 is 0 Å². The number of nitrogens with zero attached hydrogens (tertiary/aromatic N) is 1. The molecule has 8 nitrogen and oxygen atoms in total. The number of amides is 2. The SMILES string of the molecule is C[C@@H](O)[C@H]1C(=O)N2C(C(=O)O)=C(c3ccc(CNC(=O)c4ccco4)cc3)C[C@H]12. The van der Waals surface area contributed by atoms with E-state index in [2.05, 4.69) is 5.32 Å². The maximum Gasteiger partial charge on any atom is 0.352 e. The van der Waals surface area contributed by atoms with E-state index < -0.39 is 18.0 Å². The molecule has 4 rings (SSSR count). The van der Waals surface area contributed by atoms with Crippen LogP contribution in [0, 0.1) is 5.92 Å². The van der Waals surface area contributed by atoms with Crippen molar-refractivity contribution in [1.82, 2.24) is 10.2 Å². The summed E-state index contributed by atoms with van der Waals surface area (Å²) in [5.74, 6) is -2.18. The van der Waals surface area contributed by atoms with Crippen LogP contribution in [0.15, 0.2) is 52.8 Å². The van der Waals surface area contributed by atoms with Crippen LogP contribution in [0.25, 0.3) is 5.57 Å². The Labute approximate surface area is 166 Å². The van der Waals surface area contributed by atoms with Crippen molar-refractivity contribution in [2.75, 3.05) is 0 Å². The van der Waals surface area contributed by atoms with Crippen LogP contribution in [-0.2, 0) is 16.1 Å². The van der Waals surface area contributed by atoms with Crippen molar-refractivity contribution in [2.24, 2.45) is 5.92 Å². The molecule has 3 heterocycles. The number of fused-ring (bicyclic) bond motifs is 1. The van der Waals surface area contributed by atoms with Gasteiger partial charge in [-0.3, -0.25) is 9.59 Å². The van der Waals surface area contributed by atoms with Crippen LogP contribution in [0.5, 0.6) is 0 Å². The maximum atomic E-state index is 12.3. The summed E-state index contributed by atoms with van der Waals surface area (Å²) in [6.45, 7) is 1.84. The van der Waals surface area contributed by atoms with Gasteiger partial charge >= 0.3 is 5.97 Å². The van der Waals surface area contributed by atoms with Gasteiger partial charge in [0, 0.05) is 6.54 Å². The number of carboxylic acid groups (broad SMARTS) is 1. The Kier molecular flexibility index (Phi) is 4.71. The van der Waals surface area contributed by atoms with Crippen molar-refractivity contribution < 1.29 is 29.0 Å². The number of aliphatic hydroxyl groups excluding tert-OH is 1. The zero-order chi connectivity index (χ0) is 20.7. The second-order valence-corrected chi connectivity index (χ2v) is 7.24. The van der Waals surface area contributed by atoms with E-state index in [1.807, 2.05) is 0 Å². The normalized spacial score (nSPS) is 21.6. The summed E-state index contributed by atoms with van der Waals surface area (Å²) in [5.41, 5.74) is 2.10. The quantitative estimate of drug-likeness (QED) is 0.638. The molecule has 3 N–H and O–H groups in total. The molecule has 1 aromatic carbocycles. The summed E-state index contributed by atoms with van der Waals surface area (Å²) in [7, 11) is 0. The summed E-state index contributed by atoms with van der Waals surface area (Å²) in [6.07, 6.45) is 0.991. The van der Waals surface area contributed by atoms with Crippen molar-refractivity contribution >= 4 is 23.4 Å². The van der Waals surface area contributed by atoms with Crippen LogP contribution in [0.2, 0.25) is 0 Å². The number of nitrogens with one attached hydrogen (secondary N) is 1. The molecular weight excluding hydrogens is 376 g/mol. The molecule has 0 saturated carbocycles. The first-order chi connectivity index (χ1) is 13.9. The van der Waals surface area contributed by atoms with Gasteiger partial charge in [-0.25, -0.2) is 4.79 Å². The van der Waals surface area contributed by atoms with E-state index in [1.54, 1.807) is 43.3 Å². The largest absolute Gasteiger partial charge is 0.477 e. The fourth-order valence-electron chi connectivity index (χ4n) is 4.03. The van der Waals surface area contributed by atoms with Crippen LogP contribution >= 0.6 is 0 Å². The molecular formula is C21H20N2O6. The monoisotopic (exact) mass is 396 g/mol. The summed E-state index contributed by atoms with van der Waals surface area (Å²) in [5, 5.41) is 22.2. The Morgan fingerprint density at radius 3 is 2.59 bits per heavy atom.